The zero-order valence-electron chi connectivity index (χ0n) is 47.3. The molecular formula is C62H82N6O12. The number of aldehydes is 4. The van der Waals surface area contributed by atoms with Crippen molar-refractivity contribution in [2.75, 3.05) is 57.9 Å². The fourth-order valence-corrected chi connectivity index (χ4v) is 12.9. The number of hydrogen-bond donors (Lipinski definition) is 4. The summed E-state index contributed by atoms with van der Waals surface area (Å²) in [6.07, 6.45) is 13.6. The smallest absolute Gasteiger partial charge is 0.246 e. The number of benzene rings is 2. The van der Waals surface area contributed by atoms with Crippen molar-refractivity contribution >= 4 is 54.6 Å². The Balaban J connectivity index is 0.878. The highest BCUT2D eigenvalue weighted by atomic mass is 16.7. The average molecular weight is 1100 g/mol. The van der Waals surface area contributed by atoms with Gasteiger partial charge in [0.1, 0.15) is 48.0 Å². The molecule has 7 rings (SSSR count). The van der Waals surface area contributed by atoms with Crippen molar-refractivity contribution in [1.82, 2.24) is 20.5 Å². The summed E-state index contributed by atoms with van der Waals surface area (Å²) in [5.41, 5.74) is 5.95. The van der Waals surface area contributed by atoms with Gasteiger partial charge in [-0.15, -0.1) is 0 Å². The standard InChI is InChI=1S/C62H82N6O12/c1-43(52(33-63)51-18-19-56(66-54(51)37-72)68-23-20-44-12-9-13-45(35-70)53(44)34-68)65-42-62(4)40-60(2)31-50(32-61(3,39-60)41-62)77-27-26-76-38-46-16-17-48(79-59-29-47(73)28-49(36-71)80-59)30-55(46)78-25-11-21-64-57(74)14-7-6-8-22-67(5)58(75)15-10-24-69/h9-10,12-13,15-19,24,30,33,35-37,47,49-50,59,63,65,73H,6-8,11,14,20-23,25-29,31-32,34,38-42H2,1-5H3,(H,64,74)/b15-10-,52-43+,63-33?. The molecule has 18 heteroatoms. The van der Waals surface area contributed by atoms with Gasteiger partial charge < -0.3 is 59.4 Å². The summed E-state index contributed by atoms with van der Waals surface area (Å²) in [7, 11) is 1.68. The summed E-state index contributed by atoms with van der Waals surface area (Å²) in [5.74, 6) is 1.34. The third-order valence-corrected chi connectivity index (χ3v) is 16.0. The van der Waals surface area contributed by atoms with Gasteiger partial charge in [-0.25, -0.2) is 4.98 Å². The van der Waals surface area contributed by atoms with E-state index in [-0.39, 0.29) is 59.3 Å². The Labute approximate surface area is 470 Å². The van der Waals surface area contributed by atoms with Crippen LogP contribution in [0.3, 0.4) is 0 Å². The van der Waals surface area contributed by atoms with E-state index in [1.54, 1.807) is 24.1 Å². The Morgan fingerprint density at radius 1 is 0.938 bits per heavy atom. The lowest BCUT2D eigenvalue weighted by Crippen LogP contribution is -2.52. The maximum Gasteiger partial charge on any atom is 0.246 e. The maximum absolute atomic E-state index is 12.6. The maximum atomic E-state index is 12.6. The Kier molecular flexibility index (Phi) is 21.9. The van der Waals surface area contributed by atoms with Crippen LogP contribution >= 0.6 is 0 Å². The fourth-order valence-electron chi connectivity index (χ4n) is 12.9. The first-order valence-electron chi connectivity index (χ1n) is 28.2. The van der Waals surface area contributed by atoms with Crippen molar-refractivity contribution in [3.63, 3.8) is 0 Å². The molecule has 3 heterocycles. The number of allylic oxidation sites excluding steroid dienone is 3. The van der Waals surface area contributed by atoms with Crippen LogP contribution in [0.2, 0.25) is 0 Å². The van der Waals surface area contributed by atoms with Gasteiger partial charge in [0.2, 0.25) is 18.1 Å². The molecule has 3 aromatic rings. The van der Waals surface area contributed by atoms with Crippen molar-refractivity contribution in [1.29, 1.82) is 5.41 Å². The minimum absolute atomic E-state index is 0.0386. The summed E-state index contributed by atoms with van der Waals surface area (Å²) in [6.45, 7) is 13.3. The number of fused-ring (bicyclic) bond motifs is 3. The molecule has 5 atom stereocenters. The lowest BCUT2D eigenvalue weighted by Gasteiger charge is -2.58. The van der Waals surface area contributed by atoms with Crippen LogP contribution in [-0.4, -0.2) is 136 Å². The third-order valence-electron chi connectivity index (χ3n) is 16.0. The summed E-state index contributed by atoms with van der Waals surface area (Å²) in [5, 5.41) is 25.4. The van der Waals surface area contributed by atoms with E-state index in [0.717, 1.165) is 86.3 Å². The topological polar surface area (TPSA) is 236 Å². The van der Waals surface area contributed by atoms with Crippen LogP contribution in [0.1, 0.15) is 148 Å². The molecule has 2 bridgehead atoms. The largest absolute Gasteiger partial charge is 0.493 e. The van der Waals surface area contributed by atoms with Crippen LogP contribution in [0.25, 0.3) is 5.57 Å². The SMILES string of the molecule is C/C(NCC1(C)CC2(C)CC(OCCOCc3ccc(OC4CC(O)CC(C=O)O4)cc3OCCCNC(=O)CCCCCN(C)C(=O)/C=C\C=O)CC(C)(C1)C2)=C(/C=N)c1ccc(N2CCc3cccc(C=O)c3C2)nc1C=O. The molecule has 1 aromatic heterocycles. The molecule has 0 spiro atoms. The van der Waals surface area contributed by atoms with Crippen LogP contribution in [0.4, 0.5) is 5.82 Å². The minimum atomic E-state index is -0.814. The van der Waals surface area contributed by atoms with Gasteiger partial charge in [0, 0.05) is 105 Å². The zero-order valence-corrected chi connectivity index (χ0v) is 47.3. The Bertz CT molecular complexity index is 2710. The van der Waals surface area contributed by atoms with E-state index in [9.17, 15) is 33.9 Å². The van der Waals surface area contributed by atoms with Crippen LogP contribution in [0.5, 0.6) is 11.5 Å². The number of aromatic nitrogens is 1. The molecule has 80 heavy (non-hydrogen) atoms. The average Bonchev–Trinajstić information content (AvgIpc) is 3.46. The number of hydrogen-bond acceptors (Lipinski definition) is 16. The molecule has 2 amide bonds. The first kappa shape index (κ1) is 61.0. The monoisotopic (exact) mass is 1100 g/mol. The van der Waals surface area contributed by atoms with Crippen molar-refractivity contribution < 1.29 is 57.6 Å². The number of nitrogens with zero attached hydrogens (tertiary/aromatic N) is 3. The number of aliphatic hydroxyl groups excluding tert-OH is 1. The molecule has 4 N–H and O–H groups in total. The molecule has 2 aliphatic carbocycles. The summed E-state index contributed by atoms with van der Waals surface area (Å²) >= 11 is 0. The molecule has 5 unspecified atom stereocenters. The van der Waals surface area contributed by atoms with Crippen LogP contribution in [0, 0.1) is 21.7 Å². The quantitative estimate of drug-likeness (QED) is 0.0215. The van der Waals surface area contributed by atoms with Crippen molar-refractivity contribution in [2.45, 2.75) is 149 Å². The highest BCUT2D eigenvalue weighted by Gasteiger charge is 2.53. The highest BCUT2D eigenvalue weighted by Crippen LogP contribution is 2.61. The van der Waals surface area contributed by atoms with Crippen molar-refractivity contribution in [2.24, 2.45) is 16.2 Å². The van der Waals surface area contributed by atoms with Gasteiger partial charge in [0.15, 0.2) is 6.29 Å². The van der Waals surface area contributed by atoms with E-state index in [4.69, 9.17) is 34.1 Å². The minimum Gasteiger partial charge on any atom is -0.493 e. The number of ether oxygens (including phenoxy) is 5. The number of nitrogens with one attached hydrogen (secondary N) is 3. The third kappa shape index (κ3) is 17.0. The number of carbonyl (C=O) groups is 6. The molecule has 1 saturated heterocycles. The van der Waals surface area contributed by atoms with Gasteiger partial charge in [-0.2, -0.15) is 0 Å². The molecule has 0 radical (unpaired) electrons. The van der Waals surface area contributed by atoms with Gasteiger partial charge in [0.25, 0.3) is 0 Å². The number of aliphatic hydroxyl groups is 1. The summed E-state index contributed by atoms with van der Waals surface area (Å²) in [6, 6.07) is 15.0. The number of unbranched alkanes of at least 4 members (excludes halogenated alkanes) is 2. The lowest BCUT2D eigenvalue weighted by molar-refractivity contribution is -0.176. The van der Waals surface area contributed by atoms with Gasteiger partial charge in [-0.05, 0) is 122 Å². The second-order valence-corrected chi connectivity index (χ2v) is 23.3. The predicted octanol–water partition coefficient (Wildman–Crippen LogP) is 7.94. The zero-order chi connectivity index (χ0) is 57.3. The van der Waals surface area contributed by atoms with Gasteiger partial charge in [0.05, 0.1) is 38.6 Å². The molecule has 18 nitrogen and oxygen atoms in total. The van der Waals surface area contributed by atoms with Gasteiger partial charge in [-0.3, -0.25) is 24.0 Å². The van der Waals surface area contributed by atoms with E-state index in [0.29, 0.717) is 118 Å². The molecule has 432 valence electrons. The van der Waals surface area contributed by atoms with E-state index < -0.39 is 18.5 Å². The molecule has 4 aliphatic rings. The first-order chi connectivity index (χ1) is 38.5. The first-order valence-corrected chi connectivity index (χ1v) is 28.2. The molecule has 2 aliphatic heterocycles. The number of pyridine rings is 1. The van der Waals surface area contributed by atoms with Crippen molar-refractivity contribution in [3.8, 4) is 11.5 Å². The van der Waals surface area contributed by atoms with Crippen LogP contribution in [-0.2, 0) is 53.0 Å². The number of anilines is 1. The number of carbonyl (C=O) groups excluding carboxylic acids is 6. The van der Waals surface area contributed by atoms with E-state index in [1.165, 1.54) is 18.4 Å². The number of likely N-dealkylation sites (N-methyl/N-ethyl adjacent to an activating group) is 1. The summed E-state index contributed by atoms with van der Waals surface area (Å²) < 4.78 is 30.8. The van der Waals surface area contributed by atoms with E-state index in [1.807, 2.05) is 37.3 Å². The van der Waals surface area contributed by atoms with Gasteiger partial charge in [-0.1, -0.05) is 45.4 Å². The normalized spacial score (nSPS) is 24.6. The molecule has 3 fully saturated rings. The Morgan fingerprint density at radius 3 is 2.48 bits per heavy atom. The second-order valence-electron chi connectivity index (χ2n) is 23.3. The van der Waals surface area contributed by atoms with E-state index >= 15 is 0 Å². The molecule has 2 saturated carbocycles. The fraction of sp³-hybridized carbons (Fsp3) is 0.548. The molecular weight excluding hydrogens is 1020 g/mol. The Morgan fingerprint density at radius 2 is 1.74 bits per heavy atom. The number of amides is 2. The number of rotatable bonds is 30. The second kappa shape index (κ2) is 28.7. The predicted molar refractivity (Wildman–Crippen MR) is 304 cm³/mol. The van der Waals surface area contributed by atoms with Crippen molar-refractivity contribution in [3.05, 3.63) is 99.9 Å². The van der Waals surface area contributed by atoms with Gasteiger partial charge >= 0.3 is 0 Å². The van der Waals surface area contributed by atoms with E-state index in [2.05, 4.69) is 42.4 Å². The van der Waals surface area contributed by atoms with Crippen LogP contribution < -0.4 is 25.0 Å². The van der Waals surface area contributed by atoms with Crippen LogP contribution in [0.15, 0.2) is 66.4 Å². The Hall–Kier alpha value is -6.60. The highest BCUT2D eigenvalue weighted by molar-refractivity contribution is 6.11. The molecule has 2 aromatic carbocycles. The summed E-state index contributed by atoms with van der Waals surface area (Å²) in [4.78, 5) is 79.2. The lowest BCUT2D eigenvalue weighted by atomic mass is 9.49.